The number of ketones is 1. The molecule has 0 unspecified atom stereocenters. The summed E-state index contributed by atoms with van der Waals surface area (Å²) >= 11 is 0. The van der Waals surface area contributed by atoms with Crippen LogP contribution >= 0.6 is 0 Å². The van der Waals surface area contributed by atoms with E-state index in [2.05, 4.69) is 19.4 Å². The highest BCUT2D eigenvalue weighted by Gasteiger charge is 2.50. The fourth-order valence-electron chi connectivity index (χ4n) is 2.61. The van der Waals surface area contributed by atoms with E-state index >= 15 is 0 Å². The zero-order valence-corrected chi connectivity index (χ0v) is 17.6. The molecule has 32 heavy (non-hydrogen) atoms. The van der Waals surface area contributed by atoms with E-state index in [1.165, 1.54) is 32.4 Å². The lowest BCUT2D eigenvalue weighted by Gasteiger charge is -2.17. The number of ether oxygens (including phenoxy) is 2. The predicted molar refractivity (Wildman–Crippen MR) is 102 cm³/mol. The SMILES string of the molecule is CCOC(=O)C(C(=O)OCC)C(=O)c1cc(-c2cnccn2)ccc1S(=O)(=O)C(F)(F)F. The van der Waals surface area contributed by atoms with Gasteiger partial charge in [0.2, 0.25) is 5.92 Å². The van der Waals surface area contributed by atoms with E-state index in [1.54, 1.807) is 0 Å². The highest BCUT2D eigenvalue weighted by molar-refractivity contribution is 7.92. The fraction of sp³-hybridized carbons (Fsp3) is 0.316. The quantitative estimate of drug-likeness (QED) is 0.321. The summed E-state index contributed by atoms with van der Waals surface area (Å²) in [5.74, 6) is -6.64. The Kier molecular flexibility index (Phi) is 7.67. The van der Waals surface area contributed by atoms with Crippen LogP contribution in [0.15, 0.2) is 41.7 Å². The molecule has 0 aliphatic rings. The normalized spacial score (nSPS) is 11.8. The van der Waals surface area contributed by atoms with Gasteiger partial charge in [-0.3, -0.25) is 24.4 Å². The Balaban J connectivity index is 2.76. The van der Waals surface area contributed by atoms with Crippen LogP contribution < -0.4 is 0 Å². The summed E-state index contributed by atoms with van der Waals surface area (Å²) in [5.41, 5.74) is -6.67. The van der Waals surface area contributed by atoms with Crippen LogP contribution in [-0.2, 0) is 28.9 Å². The van der Waals surface area contributed by atoms with Gasteiger partial charge in [0.1, 0.15) is 0 Å². The van der Waals surface area contributed by atoms with Crippen LogP contribution in [-0.4, -0.2) is 54.8 Å². The molecular weight excluding hydrogens is 457 g/mol. The van der Waals surface area contributed by atoms with Crippen LogP contribution in [0.1, 0.15) is 24.2 Å². The van der Waals surface area contributed by atoms with Crippen LogP contribution in [0.2, 0.25) is 0 Å². The third-order valence-electron chi connectivity index (χ3n) is 4.00. The van der Waals surface area contributed by atoms with Crippen LogP contribution in [0, 0.1) is 5.92 Å². The van der Waals surface area contributed by atoms with Crippen molar-refractivity contribution in [3.05, 3.63) is 42.4 Å². The average Bonchev–Trinajstić information content (AvgIpc) is 2.73. The lowest BCUT2D eigenvalue weighted by atomic mass is 9.95. The molecule has 2 aromatic rings. The van der Waals surface area contributed by atoms with Crippen LogP contribution in [0.25, 0.3) is 11.3 Å². The molecule has 0 bridgehead atoms. The maximum Gasteiger partial charge on any atom is 0.501 e. The molecule has 13 heteroatoms. The number of hydrogen-bond acceptors (Lipinski definition) is 9. The lowest BCUT2D eigenvalue weighted by molar-refractivity contribution is -0.158. The molecule has 0 saturated heterocycles. The highest BCUT2D eigenvalue weighted by atomic mass is 32.2. The van der Waals surface area contributed by atoms with Crippen LogP contribution in [0.3, 0.4) is 0 Å². The van der Waals surface area contributed by atoms with Crippen LogP contribution in [0.4, 0.5) is 13.2 Å². The Morgan fingerprint density at radius 3 is 2.09 bits per heavy atom. The van der Waals surface area contributed by atoms with Gasteiger partial charge in [0, 0.05) is 23.5 Å². The maximum absolute atomic E-state index is 13.2. The molecule has 0 aliphatic carbocycles. The van der Waals surface area contributed by atoms with Gasteiger partial charge < -0.3 is 9.47 Å². The number of Topliss-reactive ketones (excluding diaryl/α,β-unsaturated/α-hetero) is 1. The molecule has 0 aliphatic heterocycles. The van der Waals surface area contributed by atoms with Crippen LogP contribution in [0.5, 0.6) is 0 Å². The van der Waals surface area contributed by atoms with Crippen molar-refractivity contribution in [3.63, 3.8) is 0 Å². The first-order valence-corrected chi connectivity index (χ1v) is 10.5. The van der Waals surface area contributed by atoms with E-state index in [0.717, 1.165) is 12.1 Å². The number of rotatable bonds is 8. The first-order valence-electron chi connectivity index (χ1n) is 9.04. The van der Waals surface area contributed by atoms with Crippen molar-refractivity contribution in [2.45, 2.75) is 24.3 Å². The molecule has 0 atom stereocenters. The minimum Gasteiger partial charge on any atom is -0.465 e. The second kappa shape index (κ2) is 9.85. The van der Waals surface area contributed by atoms with Crippen molar-refractivity contribution in [3.8, 4) is 11.3 Å². The van der Waals surface area contributed by atoms with E-state index in [1.807, 2.05) is 0 Å². The minimum atomic E-state index is -6.02. The van der Waals surface area contributed by atoms with Gasteiger partial charge in [-0.1, -0.05) is 6.07 Å². The average molecular weight is 474 g/mol. The molecule has 0 radical (unpaired) electrons. The van der Waals surface area contributed by atoms with Crippen molar-refractivity contribution in [1.82, 2.24) is 9.97 Å². The largest absolute Gasteiger partial charge is 0.501 e. The number of benzene rings is 1. The lowest BCUT2D eigenvalue weighted by Crippen LogP contribution is -2.36. The zero-order valence-electron chi connectivity index (χ0n) is 16.7. The highest BCUT2D eigenvalue weighted by Crippen LogP contribution is 2.35. The molecule has 0 amide bonds. The number of nitrogens with zero attached hydrogens (tertiary/aromatic N) is 2. The summed E-state index contributed by atoms with van der Waals surface area (Å²) in [6, 6.07) is 2.33. The number of esters is 2. The van der Waals surface area contributed by atoms with E-state index in [-0.39, 0.29) is 24.5 Å². The van der Waals surface area contributed by atoms with Crippen molar-refractivity contribution in [2.24, 2.45) is 5.92 Å². The molecule has 0 N–H and O–H groups in total. The maximum atomic E-state index is 13.2. The van der Waals surface area contributed by atoms with E-state index in [9.17, 15) is 36.0 Å². The van der Waals surface area contributed by atoms with Gasteiger partial charge in [0.25, 0.3) is 9.84 Å². The number of carbonyl (C=O) groups excluding carboxylic acids is 3. The number of halogens is 3. The summed E-state index contributed by atoms with van der Waals surface area (Å²) in [5, 5.41) is 0. The Morgan fingerprint density at radius 1 is 1.03 bits per heavy atom. The topological polar surface area (TPSA) is 130 Å². The number of hydrogen-bond donors (Lipinski definition) is 0. The zero-order chi connectivity index (χ0) is 24.1. The van der Waals surface area contributed by atoms with E-state index < -0.39 is 49.4 Å². The first kappa shape index (κ1) is 24.9. The Morgan fingerprint density at radius 2 is 1.62 bits per heavy atom. The third-order valence-corrected chi connectivity index (χ3v) is 5.55. The summed E-state index contributed by atoms with van der Waals surface area (Å²) < 4.78 is 73.3. The Hall–Kier alpha value is -3.35. The van der Waals surface area contributed by atoms with Gasteiger partial charge in [0.05, 0.1) is 30.0 Å². The monoisotopic (exact) mass is 474 g/mol. The van der Waals surface area contributed by atoms with Gasteiger partial charge in [-0.05, 0) is 26.0 Å². The van der Waals surface area contributed by atoms with Gasteiger partial charge in [-0.15, -0.1) is 0 Å². The summed E-state index contributed by atoms with van der Waals surface area (Å²) in [6.07, 6.45) is 3.79. The van der Waals surface area contributed by atoms with Crippen molar-refractivity contribution in [2.75, 3.05) is 13.2 Å². The summed E-state index contributed by atoms with van der Waals surface area (Å²) in [4.78, 5) is 43.9. The molecule has 1 aromatic carbocycles. The predicted octanol–water partition coefficient (Wildman–Crippen LogP) is 2.36. The van der Waals surface area contributed by atoms with Gasteiger partial charge in [0.15, 0.2) is 5.78 Å². The van der Waals surface area contributed by atoms with Gasteiger partial charge >= 0.3 is 17.4 Å². The summed E-state index contributed by atoms with van der Waals surface area (Å²) in [6.45, 7) is 2.24. The molecule has 2 rings (SSSR count). The van der Waals surface area contributed by atoms with E-state index in [0.29, 0.717) is 6.07 Å². The molecule has 1 aromatic heterocycles. The van der Waals surface area contributed by atoms with Crippen molar-refractivity contribution in [1.29, 1.82) is 0 Å². The smallest absolute Gasteiger partial charge is 0.465 e. The second-order valence-electron chi connectivity index (χ2n) is 6.05. The van der Waals surface area contributed by atoms with E-state index in [4.69, 9.17) is 0 Å². The number of alkyl halides is 3. The molecule has 172 valence electrons. The van der Waals surface area contributed by atoms with Crippen molar-refractivity contribution < 1.29 is 45.4 Å². The molecule has 9 nitrogen and oxygen atoms in total. The molecule has 0 fully saturated rings. The Bertz CT molecular complexity index is 1100. The molecular formula is C19H17F3N2O7S. The van der Waals surface area contributed by atoms with Crippen molar-refractivity contribution >= 4 is 27.6 Å². The summed E-state index contributed by atoms with van der Waals surface area (Å²) in [7, 11) is -6.02. The molecule has 1 heterocycles. The minimum absolute atomic E-state index is 0.0223. The molecule has 0 spiro atoms. The first-order chi connectivity index (χ1) is 15.0. The van der Waals surface area contributed by atoms with Gasteiger partial charge in [-0.2, -0.15) is 13.2 Å². The number of carbonyl (C=O) groups is 3. The molecule has 0 saturated carbocycles. The standard InChI is InChI=1S/C19H17F3N2O7S/c1-3-30-17(26)15(18(27)31-4-2)16(25)12-9-11(13-10-23-7-8-24-13)5-6-14(12)32(28,29)19(20,21)22/h5-10,15H,3-4H2,1-2H3. The second-order valence-corrected chi connectivity index (χ2v) is 7.96. The number of sulfone groups is 1. The fourth-order valence-corrected chi connectivity index (χ4v) is 3.55. The Labute approximate surface area is 180 Å². The third kappa shape index (κ3) is 5.10. The van der Waals surface area contributed by atoms with Gasteiger partial charge in [-0.25, -0.2) is 8.42 Å². The number of aromatic nitrogens is 2.